The Labute approximate surface area is 113 Å². The predicted octanol–water partition coefficient (Wildman–Crippen LogP) is 1.47. The Balaban J connectivity index is 2.10. The number of nitrogens with zero attached hydrogens (tertiary/aromatic N) is 1. The molecule has 0 amide bonds. The van der Waals surface area contributed by atoms with Gasteiger partial charge >= 0.3 is 0 Å². The third-order valence-electron chi connectivity index (χ3n) is 2.15. The monoisotopic (exact) mass is 298 g/mol. The van der Waals surface area contributed by atoms with E-state index in [-0.39, 0.29) is 15.7 Å². The number of hydrogen-bond donors (Lipinski definition) is 3. The van der Waals surface area contributed by atoms with E-state index >= 15 is 0 Å². The molecule has 0 unspecified atom stereocenters. The first-order valence-corrected chi connectivity index (χ1v) is 7.46. The summed E-state index contributed by atoms with van der Waals surface area (Å²) in [7, 11) is -3.65. The van der Waals surface area contributed by atoms with Crippen LogP contribution in [0.4, 0.5) is 0 Å². The number of phenols is 2. The zero-order chi connectivity index (χ0) is 13.9. The Morgan fingerprint density at radius 1 is 1.21 bits per heavy atom. The summed E-state index contributed by atoms with van der Waals surface area (Å²) in [5.41, 5.74) is 0.448. The van der Waals surface area contributed by atoms with Crippen LogP contribution >= 0.6 is 11.3 Å². The number of hydrogen-bond acceptors (Lipinski definition) is 6. The van der Waals surface area contributed by atoms with Crippen molar-refractivity contribution in [2.45, 2.75) is 4.21 Å². The van der Waals surface area contributed by atoms with Gasteiger partial charge in [-0.15, -0.1) is 11.3 Å². The van der Waals surface area contributed by atoms with Gasteiger partial charge in [-0.3, -0.25) is 0 Å². The highest BCUT2D eigenvalue weighted by atomic mass is 32.2. The quantitative estimate of drug-likeness (QED) is 0.452. The normalized spacial score (nSPS) is 11.8. The summed E-state index contributed by atoms with van der Waals surface area (Å²) in [6, 6.07) is 7.12. The number of sulfonamides is 1. The summed E-state index contributed by atoms with van der Waals surface area (Å²) in [6.45, 7) is 0. The molecule has 1 aromatic heterocycles. The molecule has 0 saturated carbocycles. The minimum atomic E-state index is -3.65. The van der Waals surface area contributed by atoms with Crippen LogP contribution in [-0.2, 0) is 10.0 Å². The standard InChI is InChI=1S/C11H10N2O4S2/c14-9-4-3-8(6-10(9)15)7-12-13-19(16,17)11-2-1-5-18-11/h1-7,13-15H/b12-7+. The Morgan fingerprint density at radius 2 is 2.00 bits per heavy atom. The minimum Gasteiger partial charge on any atom is -0.504 e. The molecule has 2 rings (SSSR count). The Hall–Kier alpha value is -2.06. The molecule has 0 aliphatic rings. The van der Waals surface area contributed by atoms with Crippen LogP contribution in [0, 0.1) is 0 Å². The summed E-state index contributed by atoms with van der Waals surface area (Å²) < 4.78 is 23.6. The van der Waals surface area contributed by atoms with E-state index in [1.807, 2.05) is 0 Å². The summed E-state index contributed by atoms with van der Waals surface area (Å²) in [6.07, 6.45) is 1.23. The number of nitrogens with one attached hydrogen (secondary N) is 1. The first kappa shape index (κ1) is 13.4. The molecule has 1 heterocycles. The van der Waals surface area contributed by atoms with Crippen LogP contribution < -0.4 is 4.83 Å². The van der Waals surface area contributed by atoms with Crippen molar-refractivity contribution in [2.24, 2.45) is 5.10 Å². The molecule has 0 aliphatic heterocycles. The highest BCUT2D eigenvalue weighted by molar-refractivity contribution is 7.91. The second kappa shape index (κ2) is 5.29. The van der Waals surface area contributed by atoms with Gasteiger partial charge in [-0.1, -0.05) is 6.07 Å². The molecular weight excluding hydrogens is 288 g/mol. The number of aromatic hydroxyl groups is 2. The van der Waals surface area contributed by atoms with E-state index in [2.05, 4.69) is 9.93 Å². The molecule has 2 aromatic rings. The smallest absolute Gasteiger partial charge is 0.286 e. The molecule has 100 valence electrons. The maximum Gasteiger partial charge on any atom is 0.286 e. The van der Waals surface area contributed by atoms with Crippen LogP contribution in [0.15, 0.2) is 45.0 Å². The van der Waals surface area contributed by atoms with Crippen LogP contribution in [0.2, 0.25) is 0 Å². The molecule has 0 saturated heterocycles. The summed E-state index contributed by atoms with van der Waals surface area (Å²) >= 11 is 1.08. The third kappa shape index (κ3) is 3.24. The number of hydrazone groups is 1. The zero-order valence-electron chi connectivity index (χ0n) is 9.52. The van der Waals surface area contributed by atoms with Gasteiger partial charge in [0.2, 0.25) is 0 Å². The van der Waals surface area contributed by atoms with E-state index in [1.165, 1.54) is 30.5 Å². The first-order chi connectivity index (χ1) is 8.99. The SMILES string of the molecule is O=S(=O)(N/N=C/c1ccc(O)c(O)c1)c1cccs1. The number of rotatable bonds is 4. The fourth-order valence-electron chi connectivity index (χ4n) is 1.25. The van der Waals surface area contributed by atoms with Crippen molar-refractivity contribution in [3.8, 4) is 11.5 Å². The van der Waals surface area contributed by atoms with Crippen LogP contribution in [-0.4, -0.2) is 24.8 Å². The third-order valence-corrected chi connectivity index (χ3v) is 4.77. The lowest BCUT2D eigenvalue weighted by Gasteiger charge is -2.00. The fourth-order valence-corrected chi connectivity index (χ4v) is 3.03. The van der Waals surface area contributed by atoms with Gasteiger partial charge in [0.05, 0.1) is 6.21 Å². The molecule has 0 fully saturated rings. The van der Waals surface area contributed by atoms with E-state index in [1.54, 1.807) is 11.4 Å². The molecule has 8 heteroatoms. The van der Waals surface area contributed by atoms with Crippen molar-refractivity contribution < 1.29 is 18.6 Å². The largest absolute Gasteiger partial charge is 0.504 e. The molecular formula is C11H10N2O4S2. The minimum absolute atomic E-state index is 0.165. The molecule has 19 heavy (non-hydrogen) atoms. The summed E-state index contributed by atoms with van der Waals surface area (Å²) in [5.74, 6) is -0.554. The summed E-state index contributed by atoms with van der Waals surface area (Å²) in [4.78, 5) is 2.05. The maximum atomic E-state index is 11.7. The van der Waals surface area contributed by atoms with Crippen LogP contribution in [0.5, 0.6) is 11.5 Å². The highest BCUT2D eigenvalue weighted by Crippen LogP contribution is 2.24. The van der Waals surface area contributed by atoms with Crippen LogP contribution in [0.3, 0.4) is 0 Å². The predicted molar refractivity (Wildman–Crippen MR) is 72.0 cm³/mol. The van der Waals surface area contributed by atoms with Crippen molar-refractivity contribution in [3.05, 3.63) is 41.3 Å². The van der Waals surface area contributed by atoms with Gasteiger partial charge in [0.25, 0.3) is 10.0 Å². The van der Waals surface area contributed by atoms with E-state index in [9.17, 15) is 13.5 Å². The maximum absolute atomic E-state index is 11.7. The lowest BCUT2D eigenvalue weighted by molar-refractivity contribution is 0.403. The van der Waals surface area contributed by atoms with Gasteiger partial charge < -0.3 is 10.2 Å². The molecule has 3 N–H and O–H groups in total. The molecule has 0 radical (unpaired) electrons. The Morgan fingerprint density at radius 3 is 2.63 bits per heavy atom. The lowest BCUT2D eigenvalue weighted by atomic mass is 10.2. The van der Waals surface area contributed by atoms with Crippen LogP contribution in [0.25, 0.3) is 0 Å². The second-order valence-electron chi connectivity index (χ2n) is 3.53. The molecule has 1 aromatic carbocycles. The molecule has 6 nitrogen and oxygen atoms in total. The van der Waals surface area contributed by atoms with Gasteiger partial charge in [0.15, 0.2) is 11.5 Å². The molecule has 0 spiro atoms. The first-order valence-electron chi connectivity index (χ1n) is 5.09. The van der Waals surface area contributed by atoms with E-state index in [0.29, 0.717) is 5.56 Å². The van der Waals surface area contributed by atoms with Gasteiger partial charge in [-0.05, 0) is 35.2 Å². The van der Waals surface area contributed by atoms with E-state index < -0.39 is 10.0 Å². The van der Waals surface area contributed by atoms with Gasteiger partial charge in [0.1, 0.15) is 4.21 Å². The van der Waals surface area contributed by atoms with Crippen molar-refractivity contribution in [3.63, 3.8) is 0 Å². The lowest BCUT2D eigenvalue weighted by Crippen LogP contribution is -2.17. The zero-order valence-corrected chi connectivity index (χ0v) is 11.1. The Kier molecular flexibility index (Phi) is 3.72. The van der Waals surface area contributed by atoms with Crippen molar-refractivity contribution >= 4 is 27.6 Å². The number of phenolic OH excluding ortho intramolecular Hbond substituents is 2. The fraction of sp³-hybridized carbons (Fsp3) is 0. The second-order valence-corrected chi connectivity index (χ2v) is 6.37. The highest BCUT2D eigenvalue weighted by Gasteiger charge is 2.12. The molecule has 0 atom stereocenters. The molecule has 0 aliphatic carbocycles. The van der Waals surface area contributed by atoms with Crippen molar-refractivity contribution in [2.75, 3.05) is 0 Å². The Bertz CT molecular complexity index is 693. The van der Waals surface area contributed by atoms with E-state index in [4.69, 9.17) is 5.11 Å². The van der Waals surface area contributed by atoms with Gasteiger partial charge in [-0.2, -0.15) is 18.4 Å². The summed E-state index contributed by atoms with van der Waals surface area (Å²) in [5, 5.41) is 23.6. The van der Waals surface area contributed by atoms with Crippen molar-refractivity contribution in [1.82, 2.24) is 4.83 Å². The van der Waals surface area contributed by atoms with Crippen LogP contribution in [0.1, 0.15) is 5.56 Å². The van der Waals surface area contributed by atoms with Gasteiger partial charge in [-0.25, -0.2) is 0 Å². The average Bonchev–Trinajstić information content (AvgIpc) is 2.88. The average molecular weight is 298 g/mol. The number of benzene rings is 1. The van der Waals surface area contributed by atoms with Gasteiger partial charge in [0, 0.05) is 0 Å². The van der Waals surface area contributed by atoms with Crippen molar-refractivity contribution in [1.29, 1.82) is 0 Å². The topological polar surface area (TPSA) is 99.0 Å². The van der Waals surface area contributed by atoms with E-state index in [0.717, 1.165) is 11.3 Å². The molecule has 0 bridgehead atoms. The number of thiophene rings is 1.